The van der Waals surface area contributed by atoms with Gasteiger partial charge in [-0.3, -0.25) is 0 Å². The fourth-order valence-corrected chi connectivity index (χ4v) is 2.61. The Morgan fingerprint density at radius 1 is 1.32 bits per heavy atom. The molecule has 1 aromatic carbocycles. The molecule has 4 nitrogen and oxygen atoms in total. The third kappa shape index (κ3) is 1.97. The van der Waals surface area contributed by atoms with Gasteiger partial charge in [-0.15, -0.1) is 0 Å². The fourth-order valence-electron chi connectivity index (χ4n) is 2.61. The number of benzene rings is 1. The van der Waals surface area contributed by atoms with Crippen molar-refractivity contribution < 1.29 is 4.74 Å². The highest BCUT2D eigenvalue weighted by molar-refractivity contribution is 5.53. The lowest BCUT2D eigenvalue weighted by Gasteiger charge is -2.15. The molecule has 0 radical (unpaired) electrons. The molecule has 4 heteroatoms. The molecule has 3 rings (SSSR count). The lowest BCUT2D eigenvalue weighted by atomic mass is 10.0. The van der Waals surface area contributed by atoms with Gasteiger partial charge in [0, 0.05) is 11.8 Å². The molecule has 96 valence electrons. The molecule has 1 aliphatic carbocycles. The van der Waals surface area contributed by atoms with Crippen molar-refractivity contribution in [3.63, 3.8) is 0 Å². The summed E-state index contributed by atoms with van der Waals surface area (Å²) in [6.45, 7) is 0. The molecule has 0 saturated heterocycles. The summed E-state index contributed by atoms with van der Waals surface area (Å²) in [7, 11) is 1.63. The fraction of sp³-hybridized carbons (Fsp3) is 0.333. The second-order valence-electron chi connectivity index (χ2n) is 4.71. The van der Waals surface area contributed by atoms with Crippen LogP contribution in [0.4, 0.5) is 0 Å². The highest BCUT2D eigenvalue weighted by Crippen LogP contribution is 2.27. The van der Waals surface area contributed by atoms with E-state index in [4.69, 9.17) is 4.74 Å². The van der Waals surface area contributed by atoms with Gasteiger partial charge in [0.05, 0.1) is 30.4 Å². The van der Waals surface area contributed by atoms with Gasteiger partial charge in [0.25, 0.3) is 0 Å². The predicted molar refractivity (Wildman–Crippen MR) is 71.5 cm³/mol. The first kappa shape index (κ1) is 11.8. The number of ether oxygens (including phenoxy) is 1. The molecule has 0 fully saturated rings. The molecule has 1 aromatic heterocycles. The quantitative estimate of drug-likeness (QED) is 0.826. The topological polar surface area (TPSA) is 50.8 Å². The zero-order valence-electron chi connectivity index (χ0n) is 10.9. The van der Waals surface area contributed by atoms with Crippen LogP contribution in [0.1, 0.15) is 29.8 Å². The van der Waals surface area contributed by atoms with Crippen molar-refractivity contribution in [1.29, 1.82) is 5.26 Å². The van der Waals surface area contributed by atoms with Crippen LogP contribution in [0.2, 0.25) is 0 Å². The number of fused-ring (bicyclic) bond motifs is 1. The Labute approximate surface area is 112 Å². The maximum atomic E-state index is 9.26. The summed E-state index contributed by atoms with van der Waals surface area (Å²) in [6, 6.07) is 7.74. The highest BCUT2D eigenvalue weighted by Gasteiger charge is 2.18. The van der Waals surface area contributed by atoms with E-state index in [9.17, 15) is 5.26 Å². The van der Waals surface area contributed by atoms with E-state index in [1.54, 1.807) is 13.2 Å². The number of nitrogens with zero attached hydrogens (tertiary/aromatic N) is 3. The Balaban J connectivity index is 2.16. The normalized spacial score (nSPS) is 13.7. The summed E-state index contributed by atoms with van der Waals surface area (Å²) >= 11 is 0. The largest absolute Gasteiger partial charge is 0.497 e. The van der Waals surface area contributed by atoms with Gasteiger partial charge in [-0.05, 0) is 37.8 Å². The van der Waals surface area contributed by atoms with Crippen molar-refractivity contribution in [2.45, 2.75) is 25.7 Å². The van der Waals surface area contributed by atoms with Crippen LogP contribution in [0.3, 0.4) is 0 Å². The number of imidazole rings is 1. The van der Waals surface area contributed by atoms with Crippen LogP contribution in [-0.2, 0) is 12.8 Å². The van der Waals surface area contributed by atoms with Crippen molar-refractivity contribution in [2.75, 3.05) is 7.11 Å². The molecular weight excluding hydrogens is 238 g/mol. The SMILES string of the molecule is COc1ccc(C#N)c(-n2cnc3c2CCCC3)c1. The average Bonchev–Trinajstić information content (AvgIpc) is 2.90. The predicted octanol–water partition coefficient (Wildman–Crippen LogP) is 2.63. The van der Waals surface area contributed by atoms with E-state index >= 15 is 0 Å². The van der Waals surface area contributed by atoms with Gasteiger partial charge >= 0.3 is 0 Å². The minimum atomic E-state index is 0.645. The van der Waals surface area contributed by atoms with E-state index < -0.39 is 0 Å². The molecule has 0 N–H and O–H groups in total. The third-order valence-corrected chi connectivity index (χ3v) is 3.61. The Hall–Kier alpha value is -2.28. The van der Waals surface area contributed by atoms with Crippen LogP contribution in [0.15, 0.2) is 24.5 Å². The maximum Gasteiger partial charge on any atom is 0.121 e. The molecule has 0 aliphatic heterocycles. The number of nitriles is 1. The van der Waals surface area contributed by atoms with Crippen LogP contribution in [-0.4, -0.2) is 16.7 Å². The van der Waals surface area contributed by atoms with Crippen molar-refractivity contribution in [1.82, 2.24) is 9.55 Å². The summed E-state index contributed by atoms with van der Waals surface area (Å²) in [5.74, 6) is 0.757. The standard InChI is InChI=1S/C15H15N3O/c1-19-12-7-6-11(9-16)15(8-12)18-10-17-13-4-2-3-5-14(13)18/h6-8,10H,2-5H2,1H3. The minimum absolute atomic E-state index is 0.645. The van der Waals surface area contributed by atoms with Crippen LogP contribution >= 0.6 is 0 Å². The van der Waals surface area contributed by atoms with Crippen LogP contribution in [0.25, 0.3) is 5.69 Å². The number of hydrogen-bond donors (Lipinski definition) is 0. The summed E-state index contributed by atoms with van der Waals surface area (Å²) in [4.78, 5) is 4.48. The minimum Gasteiger partial charge on any atom is -0.497 e. The van der Waals surface area contributed by atoms with Gasteiger partial charge < -0.3 is 9.30 Å². The zero-order chi connectivity index (χ0) is 13.2. The summed E-state index contributed by atoms with van der Waals surface area (Å²) in [5.41, 5.74) is 3.90. The number of aromatic nitrogens is 2. The van der Waals surface area contributed by atoms with Crippen molar-refractivity contribution in [3.05, 3.63) is 41.5 Å². The van der Waals surface area contributed by atoms with E-state index in [2.05, 4.69) is 11.1 Å². The molecule has 0 bridgehead atoms. The first-order chi connectivity index (χ1) is 9.33. The van der Waals surface area contributed by atoms with Crippen LogP contribution < -0.4 is 4.74 Å². The first-order valence-corrected chi connectivity index (χ1v) is 6.47. The van der Waals surface area contributed by atoms with Gasteiger partial charge in [-0.2, -0.15) is 5.26 Å². The van der Waals surface area contributed by atoms with Gasteiger partial charge in [0.15, 0.2) is 0 Å². The lowest BCUT2D eigenvalue weighted by molar-refractivity contribution is 0.414. The van der Waals surface area contributed by atoms with Crippen LogP contribution in [0, 0.1) is 11.3 Å². The van der Waals surface area contributed by atoms with E-state index in [0.29, 0.717) is 5.56 Å². The van der Waals surface area contributed by atoms with E-state index in [1.165, 1.54) is 18.5 Å². The number of aryl methyl sites for hydroxylation is 1. The lowest BCUT2D eigenvalue weighted by Crippen LogP contribution is -2.08. The number of methoxy groups -OCH3 is 1. The Morgan fingerprint density at radius 2 is 2.16 bits per heavy atom. The maximum absolute atomic E-state index is 9.26. The van der Waals surface area contributed by atoms with Crippen molar-refractivity contribution in [2.24, 2.45) is 0 Å². The molecule has 0 saturated carbocycles. The van der Waals surface area contributed by atoms with Crippen molar-refractivity contribution in [3.8, 4) is 17.5 Å². The van der Waals surface area contributed by atoms with Gasteiger partial charge in [-0.25, -0.2) is 4.98 Å². The van der Waals surface area contributed by atoms with Crippen molar-refractivity contribution >= 4 is 0 Å². The molecule has 0 atom stereocenters. The van der Waals surface area contributed by atoms with Crippen LogP contribution in [0.5, 0.6) is 5.75 Å². The summed E-state index contributed by atoms with van der Waals surface area (Å²) in [5, 5.41) is 9.26. The molecule has 1 heterocycles. The monoisotopic (exact) mass is 253 g/mol. The first-order valence-electron chi connectivity index (χ1n) is 6.47. The second-order valence-corrected chi connectivity index (χ2v) is 4.71. The Bertz CT molecular complexity index is 652. The third-order valence-electron chi connectivity index (χ3n) is 3.61. The van der Waals surface area contributed by atoms with E-state index in [-0.39, 0.29) is 0 Å². The highest BCUT2D eigenvalue weighted by atomic mass is 16.5. The molecule has 19 heavy (non-hydrogen) atoms. The van der Waals surface area contributed by atoms with Gasteiger partial charge in [-0.1, -0.05) is 0 Å². The zero-order valence-corrected chi connectivity index (χ0v) is 10.9. The summed E-state index contributed by atoms with van der Waals surface area (Å²) < 4.78 is 7.29. The summed E-state index contributed by atoms with van der Waals surface area (Å²) in [6.07, 6.45) is 6.27. The van der Waals surface area contributed by atoms with Gasteiger partial charge in [0.2, 0.25) is 0 Å². The Morgan fingerprint density at radius 3 is 2.95 bits per heavy atom. The number of rotatable bonds is 2. The molecule has 2 aromatic rings. The molecule has 0 unspecified atom stereocenters. The smallest absolute Gasteiger partial charge is 0.121 e. The average molecular weight is 253 g/mol. The van der Waals surface area contributed by atoms with E-state index in [0.717, 1.165) is 30.0 Å². The second kappa shape index (κ2) is 4.77. The van der Waals surface area contributed by atoms with E-state index in [1.807, 2.05) is 23.0 Å². The molecule has 0 spiro atoms. The molecule has 1 aliphatic rings. The molecule has 0 amide bonds. The number of hydrogen-bond acceptors (Lipinski definition) is 3. The molecular formula is C15H15N3O. The van der Waals surface area contributed by atoms with Gasteiger partial charge in [0.1, 0.15) is 11.8 Å². The Kier molecular flexibility index (Phi) is 2.96.